The molecule has 4 heteroatoms. The van der Waals surface area contributed by atoms with Gasteiger partial charge in [0.15, 0.2) is 0 Å². The van der Waals surface area contributed by atoms with Gasteiger partial charge < -0.3 is 15.7 Å². The number of nitrogens with zero attached hydrogens (tertiary/aromatic N) is 2. The number of anilines is 1. The van der Waals surface area contributed by atoms with Gasteiger partial charge in [0.2, 0.25) is 0 Å². The number of pyridine rings is 1. The molecule has 102 valence electrons. The Bertz CT molecular complexity index is 554. The van der Waals surface area contributed by atoms with Crippen molar-refractivity contribution in [1.29, 1.82) is 0 Å². The fraction of sp³-hybridized carbons (Fsp3) is 0.400. The maximum atomic E-state index is 9.35. The van der Waals surface area contributed by atoms with E-state index in [4.69, 9.17) is 5.73 Å². The number of para-hydroxylation sites is 1. The van der Waals surface area contributed by atoms with Gasteiger partial charge in [-0.3, -0.25) is 0 Å². The summed E-state index contributed by atoms with van der Waals surface area (Å²) in [6.07, 6.45) is 0.431. The molecule has 4 nitrogen and oxygen atoms in total. The average Bonchev–Trinajstić information content (AvgIpc) is 2.43. The van der Waals surface area contributed by atoms with E-state index in [1.165, 1.54) is 0 Å². The molecule has 0 spiro atoms. The maximum absolute atomic E-state index is 9.35. The molecule has 0 radical (unpaired) electrons. The molecular weight excluding hydrogens is 238 g/mol. The van der Waals surface area contributed by atoms with Gasteiger partial charge in [-0.05, 0) is 31.0 Å². The Morgan fingerprint density at radius 3 is 2.79 bits per heavy atom. The third-order valence-corrected chi connectivity index (χ3v) is 3.28. The van der Waals surface area contributed by atoms with E-state index in [0.717, 1.165) is 35.2 Å². The van der Waals surface area contributed by atoms with Crippen LogP contribution in [0, 0.1) is 0 Å². The Kier molecular flexibility index (Phi) is 4.35. The minimum Gasteiger partial charge on any atom is -0.393 e. The first-order valence-corrected chi connectivity index (χ1v) is 6.59. The quantitative estimate of drug-likeness (QED) is 0.861. The van der Waals surface area contributed by atoms with Crippen LogP contribution in [0.25, 0.3) is 10.9 Å². The summed E-state index contributed by atoms with van der Waals surface area (Å²) in [6.45, 7) is 3.07. The molecule has 0 aliphatic rings. The fourth-order valence-corrected chi connectivity index (χ4v) is 2.09. The lowest BCUT2D eigenvalue weighted by Gasteiger charge is -2.20. The molecular formula is C15H21N3O. The van der Waals surface area contributed by atoms with Crippen molar-refractivity contribution in [3.05, 3.63) is 35.9 Å². The smallest absolute Gasteiger partial charge is 0.129 e. The standard InChI is InChI=1S/C15H21N3O/c1-11(19)7-8-18(2)15-9-12(10-16)13-5-3-4-6-14(13)17-15/h3-6,9,11,19H,7-8,10,16H2,1-2H3. The summed E-state index contributed by atoms with van der Waals surface area (Å²) in [4.78, 5) is 6.70. The molecule has 2 rings (SSSR count). The zero-order valence-electron chi connectivity index (χ0n) is 11.5. The van der Waals surface area contributed by atoms with Crippen molar-refractivity contribution in [2.24, 2.45) is 5.73 Å². The SMILES string of the molecule is CC(O)CCN(C)c1cc(CN)c2ccccc2n1. The molecule has 0 fully saturated rings. The molecule has 2 aromatic rings. The molecule has 0 saturated carbocycles. The van der Waals surface area contributed by atoms with E-state index < -0.39 is 0 Å². The van der Waals surface area contributed by atoms with E-state index in [1.54, 1.807) is 6.92 Å². The first kappa shape index (κ1) is 13.8. The van der Waals surface area contributed by atoms with Crippen molar-refractivity contribution in [3.63, 3.8) is 0 Å². The van der Waals surface area contributed by atoms with Crippen LogP contribution < -0.4 is 10.6 Å². The first-order chi connectivity index (χ1) is 9.11. The largest absolute Gasteiger partial charge is 0.393 e. The predicted molar refractivity (Wildman–Crippen MR) is 79.2 cm³/mol. The zero-order valence-corrected chi connectivity index (χ0v) is 11.5. The van der Waals surface area contributed by atoms with Crippen LogP contribution in [-0.4, -0.2) is 29.8 Å². The van der Waals surface area contributed by atoms with Crippen molar-refractivity contribution >= 4 is 16.7 Å². The monoisotopic (exact) mass is 259 g/mol. The Morgan fingerprint density at radius 1 is 1.37 bits per heavy atom. The molecule has 1 unspecified atom stereocenters. The van der Waals surface area contributed by atoms with Crippen LogP contribution in [0.15, 0.2) is 30.3 Å². The van der Waals surface area contributed by atoms with Crippen LogP contribution >= 0.6 is 0 Å². The molecule has 0 amide bonds. The highest BCUT2D eigenvalue weighted by Crippen LogP contribution is 2.22. The maximum Gasteiger partial charge on any atom is 0.129 e. The third kappa shape index (κ3) is 3.22. The number of rotatable bonds is 5. The molecule has 0 saturated heterocycles. The predicted octanol–water partition coefficient (Wildman–Crippen LogP) is 1.90. The lowest BCUT2D eigenvalue weighted by molar-refractivity contribution is 0.187. The Balaban J connectivity index is 2.33. The fourth-order valence-electron chi connectivity index (χ4n) is 2.09. The highest BCUT2D eigenvalue weighted by atomic mass is 16.3. The van der Waals surface area contributed by atoms with Crippen molar-refractivity contribution in [1.82, 2.24) is 4.98 Å². The number of aromatic nitrogens is 1. The molecule has 1 aromatic heterocycles. The summed E-state index contributed by atoms with van der Waals surface area (Å²) in [6, 6.07) is 10.1. The molecule has 0 aliphatic carbocycles. The Hall–Kier alpha value is -1.65. The van der Waals surface area contributed by atoms with Crippen LogP contribution in [0.4, 0.5) is 5.82 Å². The van der Waals surface area contributed by atoms with Gasteiger partial charge in [-0.15, -0.1) is 0 Å². The van der Waals surface area contributed by atoms with Gasteiger partial charge in [0.05, 0.1) is 11.6 Å². The second-order valence-electron chi connectivity index (χ2n) is 4.92. The van der Waals surface area contributed by atoms with Crippen molar-refractivity contribution in [3.8, 4) is 0 Å². The summed E-state index contributed by atoms with van der Waals surface area (Å²) < 4.78 is 0. The molecule has 3 N–H and O–H groups in total. The second kappa shape index (κ2) is 5.99. The lowest BCUT2D eigenvalue weighted by Crippen LogP contribution is -2.23. The number of aliphatic hydroxyl groups excluding tert-OH is 1. The molecule has 0 aliphatic heterocycles. The zero-order chi connectivity index (χ0) is 13.8. The first-order valence-electron chi connectivity index (χ1n) is 6.59. The normalized spacial score (nSPS) is 12.6. The van der Waals surface area contributed by atoms with E-state index in [1.807, 2.05) is 37.4 Å². The molecule has 1 atom stereocenters. The van der Waals surface area contributed by atoms with Gasteiger partial charge in [-0.25, -0.2) is 4.98 Å². The van der Waals surface area contributed by atoms with Crippen LogP contribution in [0.5, 0.6) is 0 Å². The average molecular weight is 259 g/mol. The van der Waals surface area contributed by atoms with Gasteiger partial charge in [-0.2, -0.15) is 0 Å². The Labute approximate surface area is 113 Å². The summed E-state index contributed by atoms with van der Waals surface area (Å²) in [5.41, 5.74) is 7.88. The van der Waals surface area contributed by atoms with Gasteiger partial charge >= 0.3 is 0 Å². The number of hydrogen-bond donors (Lipinski definition) is 2. The van der Waals surface area contributed by atoms with Gasteiger partial charge in [-0.1, -0.05) is 18.2 Å². The van der Waals surface area contributed by atoms with E-state index in [-0.39, 0.29) is 6.10 Å². The summed E-state index contributed by atoms with van der Waals surface area (Å²) >= 11 is 0. The van der Waals surface area contributed by atoms with Gasteiger partial charge in [0.25, 0.3) is 0 Å². The lowest BCUT2D eigenvalue weighted by atomic mass is 10.1. The highest BCUT2D eigenvalue weighted by Gasteiger charge is 2.08. The second-order valence-corrected chi connectivity index (χ2v) is 4.92. The minimum absolute atomic E-state index is 0.295. The van der Waals surface area contributed by atoms with E-state index in [2.05, 4.69) is 9.88 Å². The van der Waals surface area contributed by atoms with Crippen molar-refractivity contribution in [2.75, 3.05) is 18.5 Å². The molecule has 1 aromatic carbocycles. The van der Waals surface area contributed by atoms with Crippen LogP contribution in [0.1, 0.15) is 18.9 Å². The summed E-state index contributed by atoms with van der Waals surface area (Å²) in [5.74, 6) is 0.903. The van der Waals surface area contributed by atoms with Crippen LogP contribution in [-0.2, 0) is 6.54 Å². The third-order valence-electron chi connectivity index (χ3n) is 3.28. The molecule has 1 heterocycles. The summed E-state index contributed by atoms with van der Waals surface area (Å²) in [7, 11) is 1.99. The van der Waals surface area contributed by atoms with Crippen LogP contribution in [0.2, 0.25) is 0 Å². The number of nitrogens with two attached hydrogens (primary N) is 1. The number of fused-ring (bicyclic) bond motifs is 1. The molecule has 19 heavy (non-hydrogen) atoms. The topological polar surface area (TPSA) is 62.4 Å². The minimum atomic E-state index is -0.295. The number of aliphatic hydroxyl groups is 1. The Morgan fingerprint density at radius 2 is 2.11 bits per heavy atom. The van der Waals surface area contributed by atoms with Gasteiger partial charge in [0.1, 0.15) is 5.82 Å². The van der Waals surface area contributed by atoms with Gasteiger partial charge in [0, 0.05) is 25.5 Å². The van der Waals surface area contributed by atoms with Crippen molar-refractivity contribution < 1.29 is 5.11 Å². The highest BCUT2D eigenvalue weighted by molar-refractivity contribution is 5.84. The summed E-state index contributed by atoms with van der Waals surface area (Å²) in [5, 5.41) is 10.5. The number of benzene rings is 1. The van der Waals surface area contributed by atoms with E-state index >= 15 is 0 Å². The number of hydrogen-bond acceptors (Lipinski definition) is 4. The van der Waals surface area contributed by atoms with E-state index in [0.29, 0.717) is 6.54 Å². The molecule has 0 bridgehead atoms. The van der Waals surface area contributed by atoms with E-state index in [9.17, 15) is 5.11 Å². The van der Waals surface area contributed by atoms with Crippen molar-refractivity contribution in [2.45, 2.75) is 26.0 Å². The van der Waals surface area contributed by atoms with Crippen LogP contribution in [0.3, 0.4) is 0 Å².